The summed E-state index contributed by atoms with van der Waals surface area (Å²) < 4.78 is 6.47. The van der Waals surface area contributed by atoms with Crippen molar-refractivity contribution in [1.82, 2.24) is 25.5 Å². The van der Waals surface area contributed by atoms with Crippen molar-refractivity contribution in [3.05, 3.63) is 23.2 Å². The number of aryl methyl sites for hydroxylation is 1. The van der Waals surface area contributed by atoms with Crippen LogP contribution in [-0.2, 0) is 4.74 Å². The molecular weight excluding hydrogens is 426 g/mol. The lowest BCUT2D eigenvalue weighted by atomic mass is 9.95. The zero-order chi connectivity index (χ0) is 22.5. The predicted molar refractivity (Wildman–Crippen MR) is 125 cm³/mol. The van der Waals surface area contributed by atoms with Crippen LogP contribution in [-0.4, -0.2) is 43.9 Å². The van der Waals surface area contributed by atoms with E-state index in [1.807, 2.05) is 45.2 Å². The molecule has 4 atom stereocenters. The molecule has 3 aromatic heterocycles. The van der Waals surface area contributed by atoms with Gasteiger partial charge in [-0.1, -0.05) is 0 Å². The molecule has 10 heteroatoms. The molecule has 0 spiro atoms. The van der Waals surface area contributed by atoms with E-state index in [4.69, 9.17) is 14.7 Å². The molecule has 4 N–H and O–H groups in total. The minimum absolute atomic E-state index is 0.122. The maximum atomic E-state index is 12.3. The van der Waals surface area contributed by atoms with Gasteiger partial charge in [-0.05, 0) is 70.2 Å². The third-order valence-electron chi connectivity index (χ3n) is 6.17. The number of carbonyl (C=O) groups excluding carboxylic acids is 1. The number of fused-ring (bicyclic) bond motifs is 3. The first-order valence-electron chi connectivity index (χ1n) is 11.1. The number of nitrogens with zero attached hydrogens (tertiary/aromatic N) is 3. The normalized spacial score (nSPS) is 24.6. The van der Waals surface area contributed by atoms with E-state index in [-0.39, 0.29) is 18.2 Å². The largest absolute Gasteiger partial charge is 0.444 e. The number of hydrogen-bond acceptors (Lipinski definition) is 8. The number of amides is 1. The second-order valence-electron chi connectivity index (χ2n) is 9.75. The summed E-state index contributed by atoms with van der Waals surface area (Å²) in [6, 6.07) is 4.28. The standard InChI is InChI=1S/C22H29N7O2S/c1-11-9-16(29-28-11)25-19-18-14(7-8-32-18)23-20(27-19)24-15-10-12-5-6-13(15)17(12)26-21(30)31-22(2,3)4/h7-9,12-13,15,17H,5-6,10H2,1-4H3,(H,26,30)(H3,23,24,25,27,28,29)/t12-,13-,15+,17?/m0/s1. The van der Waals surface area contributed by atoms with Crippen LogP contribution in [0.15, 0.2) is 17.5 Å². The van der Waals surface area contributed by atoms with Crippen molar-refractivity contribution in [1.29, 1.82) is 0 Å². The van der Waals surface area contributed by atoms with Gasteiger partial charge >= 0.3 is 6.09 Å². The molecule has 3 aromatic rings. The summed E-state index contributed by atoms with van der Waals surface area (Å²) in [7, 11) is 0. The second-order valence-corrected chi connectivity index (χ2v) is 10.7. The van der Waals surface area contributed by atoms with E-state index in [1.165, 1.54) is 0 Å². The molecule has 5 rings (SSSR count). The molecule has 0 radical (unpaired) electrons. The van der Waals surface area contributed by atoms with Gasteiger partial charge in [0.05, 0.1) is 10.2 Å². The summed E-state index contributed by atoms with van der Waals surface area (Å²) in [5.74, 6) is 2.84. The molecule has 170 valence electrons. The number of anilines is 3. The summed E-state index contributed by atoms with van der Waals surface area (Å²) in [6.07, 6.45) is 2.84. The molecule has 0 aliphatic heterocycles. The highest BCUT2D eigenvalue weighted by Gasteiger charge is 2.49. The SMILES string of the molecule is Cc1cc(Nc2nc(N[C@@H]3C[C@@H]4CC[C@@H]3C4NC(=O)OC(C)(C)C)nc3ccsc23)n[nH]1. The Morgan fingerprint density at radius 1 is 1.28 bits per heavy atom. The number of ether oxygens (including phenoxy) is 1. The van der Waals surface area contributed by atoms with Crippen molar-refractivity contribution in [2.24, 2.45) is 11.8 Å². The number of H-pyrrole nitrogens is 1. The van der Waals surface area contributed by atoms with E-state index >= 15 is 0 Å². The second kappa shape index (κ2) is 7.91. The molecule has 9 nitrogen and oxygen atoms in total. The lowest BCUT2D eigenvalue weighted by molar-refractivity contribution is 0.0490. The molecule has 2 fully saturated rings. The van der Waals surface area contributed by atoms with Crippen LogP contribution in [0, 0.1) is 18.8 Å². The fourth-order valence-electron chi connectivity index (χ4n) is 4.95. The lowest BCUT2D eigenvalue weighted by Crippen LogP contribution is -2.43. The van der Waals surface area contributed by atoms with Crippen molar-refractivity contribution in [3.8, 4) is 0 Å². The van der Waals surface area contributed by atoms with Crippen LogP contribution in [0.4, 0.5) is 22.4 Å². The first-order valence-corrected chi connectivity index (χ1v) is 11.9. The van der Waals surface area contributed by atoms with Crippen LogP contribution < -0.4 is 16.0 Å². The van der Waals surface area contributed by atoms with Crippen LogP contribution in [0.25, 0.3) is 10.2 Å². The van der Waals surface area contributed by atoms with E-state index in [9.17, 15) is 4.79 Å². The highest BCUT2D eigenvalue weighted by Crippen LogP contribution is 2.46. The van der Waals surface area contributed by atoms with Crippen molar-refractivity contribution in [2.45, 2.75) is 64.6 Å². The van der Waals surface area contributed by atoms with E-state index in [0.717, 1.165) is 46.8 Å². The smallest absolute Gasteiger partial charge is 0.407 e. The molecule has 2 aliphatic carbocycles. The molecular formula is C22H29N7O2S. The number of carbonyl (C=O) groups is 1. The molecule has 0 saturated heterocycles. The Bertz CT molecular complexity index is 1130. The zero-order valence-corrected chi connectivity index (χ0v) is 19.5. The van der Waals surface area contributed by atoms with E-state index < -0.39 is 5.60 Å². The molecule has 0 aromatic carbocycles. The maximum Gasteiger partial charge on any atom is 0.407 e. The van der Waals surface area contributed by atoms with Crippen molar-refractivity contribution < 1.29 is 9.53 Å². The third kappa shape index (κ3) is 4.23. The van der Waals surface area contributed by atoms with Crippen LogP contribution in [0.1, 0.15) is 45.7 Å². The van der Waals surface area contributed by atoms with Crippen molar-refractivity contribution >= 4 is 45.2 Å². The Hall–Kier alpha value is -2.88. The zero-order valence-electron chi connectivity index (χ0n) is 18.7. The van der Waals surface area contributed by atoms with Gasteiger partial charge in [-0.2, -0.15) is 10.1 Å². The third-order valence-corrected chi connectivity index (χ3v) is 7.08. The van der Waals surface area contributed by atoms with Crippen molar-refractivity contribution in [2.75, 3.05) is 10.6 Å². The van der Waals surface area contributed by atoms with E-state index in [1.54, 1.807) is 11.3 Å². The highest BCUT2D eigenvalue weighted by atomic mass is 32.1. The fraction of sp³-hybridized carbons (Fsp3) is 0.545. The van der Waals surface area contributed by atoms with Crippen molar-refractivity contribution in [3.63, 3.8) is 0 Å². The molecule has 1 unspecified atom stereocenters. The Kier molecular flexibility index (Phi) is 5.19. The van der Waals surface area contributed by atoms with Crippen LogP contribution >= 0.6 is 11.3 Å². The van der Waals surface area contributed by atoms with Gasteiger partial charge in [-0.15, -0.1) is 11.3 Å². The molecule has 2 bridgehead atoms. The quantitative estimate of drug-likeness (QED) is 0.445. The Balaban J connectivity index is 1.32. The summed E-state index contributed by atoms with van der Waals surface area (Å²) in [4.78, 5) is 21.8. The summed E-state index contributed by atoms with van der Waals surface area (Å²) in [5, 5.41) is 19.2. The topological polar surface area (TPSA) is 117 Å². The minimum Gasteiger partial charge on any atom is -0.444 e. The highest BCUT2D eigenvalue weighted by molar-refractivity contribution is 7.17. The van der Waals surface area contributed by atoms with Gasteiger partial charge in [0.2, 0.25) is 5.95 Å². The molecule has 1 amide bonds. The van der Waals surface area contributed by atoms with Crippen LogP contribution in [0.5, 0.6) is 0 Å². The van der Waals surface area contributed by atoms with Crippen LogP contribution in [0.2, 0.25) is 0 Å². The van der Waals surface area contributed by atoms with Gasteiger partial charge in [0.15, 0.2) is 11.6 Å². The summed E-state index contributed by atoms with van der Waals surface area (Å²) >= 11 is 1.60. The predicted octanol–water partition coefficient (Wildman–Crippen LogP) is 4.57. The van der Waals surface area contributed by atoms with Gasteiger partial charge in [-0.3, -0.25) is 5.10 Å². The molecule has 2 aliphatic rings. The summed E-state index contributed by atoms with van der Waals surface area (Å²) in [6.45, 7) is 7.61. The minimum atomic E-state index is -0.501. The Morgan fingerprint density at radius 2 is 2.12 bits per heavy atom. The van der Waals surface area contributed by atoms with Gasteiger partial charge < -0.3 is 20.7 Å². The average molecular weight is 456 g/mol. The molecule has 3 heterocycles. The van der Waals surface area contributed by atoms with E-state index in [2.05, 4.69) is 26.1 Å². The summed E-state index contributed by atoms with van der Waals surface area (Å²) in [5.41, 5.74) is 1.38. The first-order chi connectivity index (χ1) is 15.2. The Morgan fingerprint density at radius 3 is 2.88 bits per heavy atom. The molecule has 2 saturated carbocycles. The Labute approximate surface area is 190 Å². The van der Waals surface area contributed by atoms with Gasteiger partial charge in [0, 0.05) is 23.8 Å². The number of nitrogens with one attached hydrogen (secondary N) is 4. The number of alkyl carbamates (subject to hydrolysis) is 1. The lowest BCUT2D eigenvalue weighted by Gasteiger charge is -2.25. The molecule has 32 heavy (non-hydrogen) atoms. The first kappa shape index (κ1) is 21.0. The fourth-order valence-corrected chi connectivity index (χ4v) is 5.72. The van der Waals surface area contributed by atoms with Gasteiger partial charge in [0.1, 0.15) is 5.60 Å². The number of hydrogen-bond donors (Lipinski definition) is 4. The van der Waals surface area contributed by atoms with E-state index in [0.29, 0.717) is 17.8 Å². The number of aromatic amines is 1. The maximum absolute atomic E-state index is 12.3. The van der Waals surface area contributed by atoms with Gasteiger partial charge in [0.25, 0.3) is 0 Å². The number of rotatable bonds is 5. The number of aromatic nitrogens is 4. The average Bonchev–Trinajstić information content (AvgIpc) is 3.46. The number of thiophene rings is 1. The van der Waals surface area contributed by atoms with Gasteiger partial charge in [-0.25, -0.2) is 9.78 Å². The van der Waals surface area contributed by atoms with Crippen LogP contribution in [0.3, 0.4) is 0 Å². The monoisotopic (exact) mass is 455 g/mol.